The SMILES string of the molecule is CCCCS(=O)N(CC(=O)N(C)C)c1cccc(N)c1. The number of nitrogens with zero attached hydrogens (tertiary/aromatic N) is 2. The zero-order chi connectivity index (χ0) is 15.1. The van der Waals surface area contributed by atoms with Crippen LogP contribution in [-0.2, 0) is 15.8 Å². The van der Waals surface area contributed by atoms with Crippen molar-refractivity contribution in [3.8, 4) is 0 Å². The third-order valence-corrected chi connectivity index (χ3v) is 4.32. The molecule has 20 heavy (non-hydrogen) atoms. The van der Waals surface area contributed by atoms with Gasteiger partial charge in [0.15, 0.2) is 0 Å². The number of benzene rings is 1. The molecule has 0 saturated carbocycles. The molecule has 1 aromatic rings. The Morgan fingerprint density at radius 1 is 1.35 bits per heavy atom. The number of anilines is 2. The zero-order valence-corrected chi connectivity index (χ0v) is 13.2. The summed E-state index contributed by atoms with van der Waals surface area (Å²) in [4.78, 5) is 13.4. The van der Waals surface area contributed by atoms with Crippen LogP contribution in [0.4, 0.5) is 11.4 Å². The number of hydrogen-bond acceptors (Lipinski definition) is 3. The van der Waals surface area contributed by atoms with Gasteiger partial charge in [-0.2, -0.15) is 0 Å². The van der Waals surface area contributed by atoms with E-state index >= 15 is 0 Å². The number of rotatable bonds is 7. The summed E-state index contributed by atoms with van der Waals surface area (Å²) in [7, 11) is 2.15. The van der Waals surface area contributed by atoms with Crippen LogP contribution in [0.15, 0.2) is 24.3 Å². The van der Waals surface area contributed by atoms with Gasteiger partial charge in [-0.25, -0.2) is 4.21 Å². The first kappa shape index (κ1) is 16.5. The van der Waals surface area contributed by atoms with Crippen molar-refractivity contribution in [2.75, 3.05) is 36.4 Å². The zero-order valence-electron chi connectivity index (χ0n) is 12.3. The second-order valence-electron chi connectivity index (χ2n) is 4.80. The van der Waals surface area contributed by atoms with Crippen LogP contribution >= 0.6 is 0 Å². The first-order valence-corrected chi connectivity index (χ1v) is 7.95. The smallest absolute Gasteiger partial charge is 0.242 e. The standard InChI is InChI=1S/C14H23N3O2S/c1-4-5-9-20(19)17(11-14(18)16(2)3)13-8-6-7-12(15)10-13/h6-8,10H,4-5,9,11,15H2,1-3H3. The molecule has 0 aliphatic carbocycles. The van der Waals surface area contributed by atoms with Gasteiger partial charge in [0.1, 0.15) is 17.5 Å². The lowest BCUT2D eigenvalue weighted by molar-refractivity contribution is -0.127. The third kappa shape index (κ3) is 4.85. The van der Waals surface area contributed by atoms with Gasteiger partial charge >= 0.3 is 0 Å². The molecule has 0 aliphatic heterocycles. The number of amides is 1. The van der Waals surface area contributed by atoms with E-state index < -0.39 is 11.0 Å². The molecule has 0 fully saturated rings. The van der Waals surface area contributed by atoms with Gasteiger partial charge in [-0.3, -0.25) is 9.10 Å². The van der Waals surface area contributed by atoms with Crippen LogP contribution in [0.25, 0.3) is 0 Å². The van der Waals surface area contributed by atoms with Crippen LogP contribution in [0, 0.1) is 0 Å². The van der Waals surface area contributed by atoms with E-state index in [9.17, 15) is 9.00 Å². The first-order chi connectivity index (χ1) is 9.45. The van der Waals surface area contributed by atoms with Crippen LogP contribution in [0.1, 0.15) is 19.8 Å². The van der Waals surface area contributed by atoms with Crippen molar-refractivity contribution in [1.82, 2.24) is 4.90 Å². The first-order valence-electron chi connectivity index (χ1n) is 6.67. The molecule has 0 aliphatic rings. The highest BCUT2D eigenvalue weighted by atomic mass is 32.2. The third-order valence-electron chi connectivity index (χ3n) is 2.85. The summed E-state index contributed by atoms with van der Waals surface area (Å²) in [6, 6.07) is 7.13. The second-order valence-corrected chi connectivity index (χ2v) is 6.29. The Kier molecular flexibility index (Phi) is 6.51. The maximum Gasteiger partial charge on any atom is 0.242 e. The number of likely N-dealkylation sites (N-methyl/N-ethyl adjacent to an activating group) is 1. The molecule has 5 nitrogen and oxygen atoms in total. The minimum atomic E-state index is -1.22. The molecule has 0 radical (unpaired) electrons. The Morgan fingerprint density at radius 3 is 2.60 bits per heavy atom. The van der Waals surface area contributed by atoms with E-state index in [1.807, 2.05) is 13.0 Å². The largest absolute Gasteiger partial charge is 0.399 e. The summed E-state index contributed by atoms with van der Waals surface area (Å²) in [5, 5.41) is 0. The molecular weight excluding hydrogens is 274 g/mol. The minimum Gasteiger partial charge on any atom is -0.399 e. The van der Waals surface area contributed by atoms with Crippen LogP contribution in [0.3, 0.4) is 0 Å². The Bertz CT molecular complexity index is 477. The van der Waals surface area contributed by atoms with Gasteiger partial charge in [0.05, 0.1) is 5.69 Å². The van der Waals surface area contributed by atoms with Gasteiger partial charge in [0.25, 0.3) is 0 Å². The fourth-order valence-corrected chi connectivity index (χ4v) is 2.96. The summed E-state index contributed by atoms with van der Waals surface area (Å²) in [5.74, 6) is 0.462. The van der Waals surface area contributed by atoms with Crippen molar-refractivity contribution >= 4 is 28.3 Å². The quantitative estimate of drug-likeness (QED) is 0.778. The summed E-state index contributed by atoms with van der Waals surface area (Å²) in [6.45, 7) is 2.14. The topological polar surface area (TPSA) is 66.6 Å². The average molecular weight is 297 g/mol. The number of unbranched alkanes of at least 4 members (excludes halogenated alkanes) is 1. The maximum absolute atomic E-state index is 12.4. The fourth-order valence-electron chi connectivity index (χ4n) is 1.60. The molecule has 0 bridgehead atoms. The van der Waals surface area contributed by atoms with Gasteiger partial charge in [-0.1, -0.05) is 19.4 Å². The van der Waals surface area contributed by atoms with Gasteiger partial charge in [-0.05, 0) is 24.6 Å². The van der Waals surface area contributed by atoms with Crippen molar-refractivity contribution in [3.05, 3.63) is 24.3 Å². The Morgan fingerprint density at radius 2 is 2.05 bits per heavy atom. The molecule has 0 saturated heterocycles. The molecule has 1 rings (SSSR count). The number of nitrogen functional groups attached to an aromatic ring is 1. The van der Waals surface area contributed by atoms with Crippen molar-refractivity contribution in [1.29, 1.82) is 0 Å². The van der Waals surface area contributed by atoms with Gasteiger partial charge in [0.2, 0.25) is 5.91 Å². The van der Waals surface area contributed by atoms with Gasteiger partial charge in [-0.15, -0.1) is 0 Å². The summed E-state index contributed by atoms with van der Waals surface area (Å²) < 4.78 is 14.0. The van der Waals surface area contributed by atoms with Crippen molar-refractivity contribution in [2.45, 2.75) is 19.8 Å². The Hall–Kier alpha value is -1.56. The summed E-state index contributed by atoms with van der Waals surface area (Å²) >= 11 is 0. The molecule has 1 amide bonds. The summed E-state index contributed by atoms with van der Waals surface area (Å²) in [5.41, 5.74) is 7.08. The highest BCUT2D eigenvalue weighted by molar-refractivity contribution is 7.86. The number of nitrogens with two attached hydrogens (primary N) is 1. The predicted molar refractivity (Wildman–Crippen MR) is 84.8 cm³/mol. The highest BCUT2D eigenvalue weighted by Gasteiger charge is 2.18. The van der Waals surface area contributed by atoms with Crippen molar-refractivity contribution in [2.24, 2.45) is 0 Å². The lowest BCUT2D eigenvalue weighted by Gasteiger charge is -2.24. The minimum absolute atomic E-state index is 0.0859. The van der Waals surface area contributed by atoms with Crippen LogP contribution in [0.5, 0.6) is 0 Å². The van der Waals surface area contributed by atoms with Crippen molar-refractivity contribution in [3.63, 3.8) is 0 Å². The van der Waals surface area contributed by atoms with Crippen LogP contribution < -0.4 is 10.0 Å². The number of carbonyl (C=O) groups excluding carboxylic acids is 1. The number of hydrogen-bond donors (Lipinski definition) is 1. The molecular formula is C14H23N3O2S. The second kappa shape index (κ2) is 7.89. The average Bonchev–Trinajstić information content (AvgIpc) is 2.41. The van der Waals surface area contributed by atoms with Crippen molar-refractivity contribution < 1.29 is 9.00 Å². The monoisotopic (exact) mass is 297 g/mol. The lowest BCUT2D eigenvalue weighted by atomic mass is 10.3. The van der Waals surface area contributed by atoms with E-state index in [-0.39, 0.29) is 12.5 Å². The summed E-state index contributed by atoms with van der Waals surface area (Å²) in [6.07, 6.45) is 1.83. The molecule has 1 atom stereocenters. The molecule has 0 heterocycles. The molecule has 6 heteroatoms. The van der Waals surface area contributed by atoms with Gasteiger partial charge < -0.3 is 10.6 Å². The van der Waals surface area contributed by atoms with E-state index in [1.165, 1.54) is 4.90 Å². The predicted octanol–water partition coefficient (Wildman–Crippen LogP) is 1.63. The van der Waals surface area contributed by atoms with E-state index in [0.717, 1.165) is 18.5 Å². The fraction of sp³-hybridized carbons (Fsp3) is 0.500. The normalized spacial score (nSPS) is 11.9. The molecule has 112 valence electrons. The van der Waals surface area contributed by atoms with Crippen LogP contribution in [0.2, 0.25) is 0 Å². The maximum atomic E-state index is 12.4. The van der Waals surface area contributed by atoms with E-state index in [1.54, 1.807) is 36.6 Å². The van der Waals surface area contributed by atoms with E-state index in [2.05, 4.69) is 0 Å². The van der Waals surface area contributed by atoms with Crippen LogP contribution in [-0.4, -0.2) is 41.4 Å². The molecule has 1 unspecified atom stereocenters. The molecule has 0 spiro atoms. The molecule has 2 N–H and O–H groups in total. The lowest BCUT2D eigenvalue weighted by Crippen LogP contribution is -2.38. The molecule has 1 aromatic carbocycles. The molecule has 0 aromatic heterocycles. The highest BCUT2D eigenvalue weighted by Crippen LogP contribution is 2.20. The number of carbonyl (C=O) groups is 1. The van der Waals surface area contributed by atoms with Gasteiger partial charge in [0, 0.05) is 25.5 Å². The van der Waals surface area contributed by atoms with E-state index in [4.69, 9.17) is 5.73 Å². The van der Waals surface area contributed by atoms with E-state index in [0.29, 0.717) is 11.4 Å². The Labute approximate surface area is 123 Å². The Balaban J connectivity index is 2.94.